The van der Waals surface area contributed by atoms with Gasteiger partial charge in [0.15, 0.2) is 11.5 Å². The van der Waals surface area contributed by atoms with Crippen molar-refractivity contribution in [3.8, 4) is 11.5 Å². The maximum atomic E-state index is 11.0. The molecule has 0 amide bonds. The van der Waals surface area contributed by atoms with Crippen molar-refractivity contribution in [3.05, 3.63) is 22.2 Å². The molecule has 1 aromatic rings. The number of nitrogens with two attached hydrogens (primary N) is 1. The van der Waals surface area contributed by atoms with E-state index in [1.165, 1.54) is 6.07 Å². The Kier molecular flexibility index (Phi) is 3.83. The molecule has 0 fully saturated rings. The molecule has 1 heterocycles. The zero-order chi connectivity index (χ0) is 13.0. The first-order valence-corrected chi connectivity index (χ1v) is 5.74. The Morgan fingerprint density at radius 1 is 1.33 bits per heavy atom. The maximum absolute atomic E-state index is 11.0. The fraction of sp³-hybridized carbons (Fsp3) is 0.455. The summed E-state index contributed by atoms with van der Waals surface area (Å²) < 4.78 is 10.7. The Morgan fingerprint density at radius 2 is 2.00 bits per heavy atom. The van der Waals surface area contributed by atoms with Crippen molar-refractivity contribution in [2.45, 2.75) is 6.42 Å². The van der Waals surface area contributed by atoms with E-state index in [0.717, 1.165) is 6.42 Å². The van der Waals surface area contributed by atoms with Crippen LogP contribution in [0.3, 0.4) is 0 Å². The number of anilines is 1. The Bertz CT molecular complexity index is 450. The summed E-state index contributed by atoms with van der Waals surface area (Å²) in [6.45, 7) is 1.97. The van der Waals surface area contributed by atoms with Crippen molar-refractivity contribution < 1.29 is 14.4 Å². The predicted octanol–water partition coefficient (Wildman–Crippen LogP) is 1.13. The normalized spacial score (nSPS) is 13.2. The van der Waals surface area contributed by atoms with Gasteiger partial charge in [0.1, 0.15) is 18.9 Å². The molecule has 0 bridgehead atoms. The van der Waals surface area contributed by atoms with E-state index in [2.05, 4.69) is 5.32 Å². The third kappa shape index (κ3) is 2.62. The highest BCUT2D eigenvalue weighted by atomic mass is 16.6. The van der Waals surface area contributed by atoms with Crippen LogP contribution in [0.1, 0.15) is 6.42 Å². The van der Waals surface area contributed by atoms with E-state index >= 15 is 0 Å². The van der Waals surface area contributed by atoms with Gasteiger partial charge in [-0.2, -0.15) is 0 Å². The molecule has 0 saturated carbocycles. The molecule has 0 spiro atoms. The first-order chi connectivity index (χ1) is 8.72. The molecule has 1 aliphatic rings. The topological polar surface area (TPSA) is 99.7 Å². The number of hydrogen-bond acceptors (Lipinski definition) is 6. The van der Waals surface area contributed by atoms with Gasteiger partial charge in [0.05, 0.1) is 11.0 Å². The lowest BCUT2D eigenvalue weighted by Crippen LogP contribution is -2.16. The van der Waals surface area contributed by atoms with Gasteiger partial charge in [0.2, 0.25) is 0 Å². The largest absolute Gasteiger partial charge is 0.486 e. The van der Waals surface area contributed by atoms with Crippen molar-refractivity contribution in [2.75, 3.05) is 31.6 Å². The first kappa shape index (κ1) is 12.4. The zero-order valence-corrected chi connectivity index (χ0v) is 9.85. The summed E-state index contributed by atoms with van der Waals surface area (Å²) in [6, 6.07) is 2.99. The second kappa shape index (κ2) is 5.54. The number of fused-ring (bicyclic) bond motifs is 1. The quantitative estimate of drug-likeness (QED) is 0.463. The van der Waals surface area contributed by atoms with Crippen LogP contribution in [0.4, 0.5) is 11.4 Å². The molecular formula is C11H15N3O4. The van der Waals surface area contributed by atoms with Crippen LogP contribution in [-0.2, 0) is 0 Å². The van der Waals surface area contributed by atoms with Crippen LogP contribution in [0.25, 0.3) is 0 Å². The van der Waals surface area contributed by atoms with Gasteiger partial charge in [0.25, 0.3) is 5.69 Å². The van der Waals surface area contributed by atoms with Crippen LogP contribution < -0.4 is 20.5 Å². The number of nitro groups is 1. The van der Waals surface area contributed by atoms with Gasteiger partial charge in [-0.05, 0) is 13.0 Å². The van der Waals surface area contributed by atoms with E-state index in [0.29, 0.717) is 43.5 Å². The third-order valence-electron chi connectivity index (χ3n) is 2.55. The molecule has 2 rings (SSSR count). The van der Waals surface area contributed by atoms with Gasteiger partial charge in [-0.15, -0.1) is 0 Å². The Balaban J connectivity index is 2.27. The summed E-state index contributed by atoms with van der Waals surface area (Å²) in [4.78, 5) is 10.5. The van der Waals surface area contributed by atoms with Gasteiger partial charge in [-0.25, -0.2) is 0 Å². The SMILES string of the molecule is NCCCNc1cc2c(cc1[N+](=O)[O-])OCCO2. The van der Waals surface area contributed by atoms with Crippen LogP contribution in [0.5, 0.6) is 11.5 Å². The second-order valence-corrected chi connectivity index (χ2v) is 3.84. The monoisotopic (exact) mass is 253 g/mol. The minimum absolute atomic E-state index is 0.0173. The van der Waals surface area contributed by atoms with Crippen LogP contribution >= 0.6 is 0 Å². The van der Waals surface area contributed by atoms with Gasteiger partial charge < -0.3 is 20.5 Å². The van der Waals surface area contributed by atoms with Gasteiger partial charge in [-0.3, -0.25) is 10.1 Å². The molecule has 7 heteroatoms. The summed E-state index contributed by atoms with van der Waals surface area (Å²) in [7, 11) is 0. The number of benzene rings is 1. The molecule has 0 unspecified atom stereocenters. The molecule has 0 atom stereocenters. The van der Waals surface area contributed by atoms with Gasteiger partial charge in [-0.1, -0.05) is 0 Å². The highest BCUT2D eigenvalue weighted by molar-refractivity contribution is 5.68. The molecule has 0 aliphatic carbocycles. The summed E-state index contributed by atoms with van der Waals surface area (Å²) in [5, 5.41) is 14.0. The molecule has 1 aromatic carbocycles. The van der Waals surface area contributed by atoms with Crippen LogP contribution in [0.15, 0.2) is 12.1 Å². The van der Waals surface area contributed by atoms with E-state index < -0.39 is 4.92 Å². The Labute approximate surface area is 104 Å². The summed E-state index contributed by atoms with van der Waals surface area (Å²) in [5.41, 5.74) is 5.79. The second-order valence-electron chi connectivity index (χ2n) is 3.84. The standard InChI is InChI=1S/C11H15N3O4/c12-2-1-3-13-8-6-10-11(18-5-4-17-10)7-9(8)14(15)16/h6-7,13H,1-5,12H2. The third-order valence-corrected chi connectivity index (χ3v) is 2.55. The fourth-order valence-corrected chi connectivity index (χ4v) is 1.70. The molecule has 98 valence electrons. The lowest BCUT2D eigenvalue weighted by molar-refractivity contribution is -0.384. The van der Waals surface area contributed by atoms with Crippen molar-refractivity contribution in [1.82, 2.24) is 0 Å². The number of ether oxygens (including phenoxy) is 2. The maximum Gasteiger partial charge on any atom is 0.296 e. The highest BCUT2D eigenvalue weighted by Crippen LogP contribution is 2.39. The fourth-order valence-electron chi connectivity index (χ4n) is 1.70. The molecule has 0 aromatic heterocycles. The molecule has 7 nitrogen and oxygen atoms in total. The minimum atomic E-state index is -0.441. The van der Waals surface area contributed by atoms with Crippen molar-refractivity contribution in [1.29, 1.82) is 0 Å². The molecule has 3 N–H and O–H groups in total. The molecular weight excluding hydrogens is 238 g/mol. The molecule has 0 radical (unpaired) electrons. The first-order valence-electron chi connectivity index (χ1n) is 5.74. The van der Waals surface area contributed by atoms with Crippen LogP contribution in [0, 0.1) is 10.1 Å². The van der Waals surface area contributed by atoms with Crippen LogP contribution in [-0.4, -0.2) is 31.2 Å². The van der Waals surface area contributed by atoms with Crippen molar-refractivity contribution >= 4 is 11.4 Å². The number of nitro benzene ring substituents is 1. The number of rotatable bonds is 5. The van der Waals surface area contributed by atoms with E-state index in [1.807, 2.05) is 0 Å². The Morgan fingerprint density at radius 3 is 2.61 bits per heavy atom. The smallest absolute Gasteiger partial charge is 0.296 e. The molecule has 1 aliphatic heterocycles. The van der Waals surface area contributed by atoms with Gasteiger partial charge >= 0.3 is 0 Å². The van der Waals surface area contributed by atoms with Crippen molar-refractivity contribution in [2.24, 2.45) is 5.73 Å². The number of nitrogens with zero attached hydrogens (tertiary/aromatic N) is 1. The average molecular weight is 253 g/mol. The van der Waals surface area contributed by atoms with Crippen LogP contribution in [0.2, 0.25) is 0 Å². The lowest BCUT2D eigenvalue weighted by atomic mass is 10.2. The highest BCUT2D eigenvalue weighted by Gasteiger charge is 2.21. The van der Waals surface area contributed by atoms with E-state index in [1.54, 1.807) is 6.07 Å². The molecule has 0 saturated heterocycles. The van der Waals surface area contributed by atoms with E-state index in [4.69, 9.17) is 15.2 Å². The molecule has 18 heavy (non-hydrogen) atoms. The Hall–Kier alpha value is -2.02. The van der Waals surface area contributed by atoms with E-state index in [-0.39, 0.29) is 5.69 Å². The lowest BCUT2D eigenvalue weighted by Gasteiger charge is -2.19. The summed E-state index contributed by atoms with van der Waals surface area (Å²) in [6.07, 6.45) is 0.742. The van der Waals surface area contributed by atoms with Crippen molar-refractivity contribution in [3.63, 3.8) is 0 Å². The summed E-state index contributed by atoms with van der Waals surface area (Å²) in [5.74, 6) is 0.944. The van der Waals surface area contributed by atoms with E-state index in [9.17, 15) is 10.1 Å². The predicted molar refractivity (Wildman–Crippen MR) is 66.2 cm³/mol. The summed E-state index contributed by atoms with van der Waals surface area (Å²) >= 11 is 0. The number of nitrogens with one attached hydrogen (secondary N) is 1. The average Bonchev–Trinajstić information content (AvgIpc) is 2.38. The minimum Gasteiger partial charge on any atom is -0.486 e. The number of hydrogen-bond donors (Lipinski definition) is 2. The zero-order valence-electron chi connectivity index (χ0n) is 9.85. The van der Waals surface area contributed by atoms with Gasteiger partial charge in [0, 0.05) is 12.6 Å².